The second kappa shape index (κ2) is 6.89. The molecule has 0 aliphatic heterocycles. The summed E-state index contributed by atoms with van der Waals surface area (Å²) in [6, 6.07) is -0.180. The predicted molar refractivity (Wildman–Crippen MR) is 65.2 cm³/mol. The van der Waals surface area contributed by atoms with Gasteiger partial charge in [-0.05, 0) is 18.3 Å². The molecule has 3 N–H and O–H groups in total. The Labute approximate surface area is 98.4 Å². The van der Waals surface area contributed by atoms with Gasteiger partial charge in [0.05, 0.1) is 6.42 Å². The van der Waals surface area contributed by atoms with Crippen molar-refractivity contribution < 1.29 is 9.90 Å². The van der Waals surface area contributed by atoms with Crippen molar-refractivity contribution in [1.82, 2.24) is 0 Å². The van der Waals surface area contributed by atoms with Gasteiger partial charge in [-0.25, -0.2) is 0 Å². The van der Waals surface area contributed by atoms with Crippen molar-refractivity contribution in [2.24, 2.45) is 17.6 Å². The van der Waals surface area contributed by atoms with E-state index < -0.39 is 5.97 Å². The standard InChI is InChI=1S/C13H25NO2/c1-10(12(14)9-13(15)16)7-8-11-5-3-2-4-6-11/h10-12H,2-9,14H2,1H3,(H,15,16). The topological polar surface area (TPSA) is 63.3 Å². The van der Waals surface area contributed by atoms with E-state index in [1.54, 1.807) is 0 Å². The molecule has 1 aliphatic carbocycles. The average molecular weight is 227 g/mol. The van der Waals surface area contributed by atoms with Crippen LogP contribution in [0.4, 0.5) is 0 Å². The minimum atomic E-state index is -0.781. The van der Waals surface area contributed by atoms with Crippen molar-refractivity contribution in [3.8, 4) is 0 Å². The van der Waals surface area contributed by atoms with Crippen LogP contribution in [0.1, 0.15) is 58.3 Å². The summed E-state index contributed by atoms with van der Waals surface area (Å²) in [4.78, 5) is 10.5. The van der Waals surface area contributed by atoms with Crippen LogP contribution in [-0.2, 0) is 4.79 Å². The van der Waals surface area contributed by atoms with Crippen LogP contribution in [0.25, 0.3) is 0 Å². The van der Waals surface area contributed by atoms with Gasteiger partial charge < -0.3 is 10.8 Å². The lowest BCUT2D eigenvalue weighted by Gasteiger charge is -2.24. The van der Waals surface area contributed by atoms with E-state index in [4.69, 9.17) is 10.8 Å². The molecule has 1 aliphatic rings. The smallest absolute Gasteiger partial charge is 0.304 e. The molecule has 3 heteroatoms. The van der Waals surface area contributed by atoms with Gasteiger partial charge in [0.15, 0.2) is 0 Å². The minimum absolute atomic E-state index is 0.103. The van der Waals surface area contributed by atoms with Crippen LogP contribution in [0.2, 0.25) is 0 Å². The first-order valence-corrected chi connectivity index (χ1v) is 6.57. The van der Waals surface area contributed by atoms with E-state index in [2.05, 4.69) is 6.92 Å². The molecule has 0 aromatic rings. The Morgan fingerprint density at radius 2 is 2.00 bits per heavy atom. The van der Waals surface area contributed by atoms with Gasteiger partial charge in [0, 0.05) is 6.04 Å². The van der Waals surface area contributed by atoms with Crippen LogP contribution in [0.3, 0.4) is 0 Å². The third kappa shape index (κ3) is 4.97. The highest BCUT2D eigenvalue weighted by molar-refractivity contribution is 5.67. The molecule has 0 aromatic carbocycles. The van der Waals surface area contributed by atoms with Crippen LogP contribution < -0.4 is 5.73 Å². The molecular weight excluding hydrogens is 202 g/mol. The summed E-state index contributed by atoms with van der Waals surface area (Å²) in [7, 11) is 0. The van der Waals surface area contributed by atoms with Gasteiger partial charge in [0.1, 0.15) is 0 Å². The Kier molecular flexibility index (Phi) is 5.81. The summed E-state index contributed by atoms with van der Waals surface area (Å²) < 4.78 is 0. The average Bonchev–Trinajstić information content (AvgIpc) is 2.26. The maximum absolute atomic E-state index is 10.5. The van der Waals surface area contributed by atoms with E-state index in [9.17, 15) is 4.79 Å². The Balaban J connectivity index is 2.17. The van der Waals surface area contributed by atoms with Crippen LogP contribution in [-0.4, -0.2) is 17.1 Å². The molecule has 2 unspecified atom stereocenters. The Bertz CT molecular complexity index is 212. The van der Waals surface area contributed by atoms with Crippen LogP contribution in [0.5, 0.6) is 0 Å². The fourth-order valence-corrected chi connectivity index (χ4v) is 2.59. The normalized spacial score (nSPS) is 21.6. The third-order valence-electron chi connectivity index (χ3n) is 3.90. The zero-order valence-corrected chi connectivity index (χ0v) is 10.3. The van der Waals surface area contributed by atoms with Crippen molar-refractivity contribution in [1.29, 1.82) is 0 Å². The van der Waals surface area contributed by atoms with Gasteiger partial charge in [-0.15, -0.1) is 0 Å². The number of rotatable bonds is 6. The molecule has 0 amide bonds. The number of aliphatic carboxylic acids is 1. The van der Waals surface area contributed by atoms with E-state index in [1.807, 2.05) is 0 Å². The number of carboxylic acid groups (broad SMARTS) is 1. The van der Waals surface area contributed by atoms with Crippen molar-refractivity contribution in [2.75, 3.05) is 0 Å². The highest BCUT2D eigenvalue weighted by Crippen LogP contribution is 2.29. The lowest BCUT2D eigenvalue weighted by molar-refractivity contribution is -0.137. The van der Waals surface area contributed by atoms with Crippen molar-refractivity contribution >= 4 is 5.97 Å². The molecule has 2 atom stereocenters. The Morgan fingerprint density at radius 1 is 1.38 bits per heavy atom. The summed E-state index contributed by atoms with van der Waals surface area (Å²) in [5, 5.41) is 8.67. The first kappa shape index (κ1) is 13.5. The molecule has 1 saturated carbocycles. The summed E-state index contributed by atoms with van der Waals surface area (Å²) in [6.07, 6.45) is 9.28. The molecule has 0 bridgehead atoms. The van der Waals surface area contributed by atoms with Gasteiger partial charge in [-0.1, -0.05) is 45.4 Å². The summed E-state index contributed by atoms with van der Waals surface area (Å²) >= 11 is 0. The number of hydrogen-bond acceptors (Lipinski definition) is 2. The monoisotopic (exact) mass is 227 g/mol. The van der Waals surface area contributed by atoms with Gasteiger partial charge in [0.25, 0.3) is 0 Å². The number of hydrogen-bond donors (Lipinski definition) is 2. The summed E-state index contributed by atoms with van der Waals surface area (Å²) in [5.41, 5.74) is 5.85. The van der Waals surface area contributed by atoms with Crippen LogP contribution in [0.15, 0.2) is 0 Å². The number of carbonyl (C=O) groups is 1. The van der Waals surface area contributed by atoms with Crippen molar-refractivity contribution in [3.05, 3.63) is 0 Å². The molecule has 94 valence electrons. The highest BCUT2D eigenvalue weighted by Gasteiger charge is 2.19. The zero-order chi connectivity index (χ0) is 12.0. The van der Waals surface area contributed by atoms with Gasteiger partial charge >= 0.3 is 5.97 Å². The molecule has 0 spiro atoms. The molecule has 0 saturated heterocycles. The molecule has 0 aromatic heterocycles. The fraction of sp³-hybridized carbons (Fsp3) is 0.923. The largest absolute Gasteiger partial charge is 0.481 e. The Hall–Kier alpha value is -0.570. The second-order valence-electron chi connectivity index (χ2n) is 5.32. The summed E-state index contributed by atoms with van der Waals surface area (Å²) in [5.74, 6) is 0.420. The predicted octanol–water partition coefficient (Wildman–Crippen LogP) is 2.79. The van der Waals surface area contributed by atoms with Gasteiger partial charge in [-0.3, -0.25) is 4.79 Å². The van der Waals surface area contributed by atoms with E-state index >= 15 is 0 Å². The first-order chi connectivity index (χ1) is 7.59. The lowest BCUT2D eigenvalue weighted by atomic mass is 9.83. The molecule has 16 heavy (non-hydrogen) atoms. The fourth-order valence-electron chi connectivity index (χ4n) is 2.59. The number of carboxylic acids is 1. The highest BCUT2D eigenvalue weighted by atomic mass is 16.4. The maximum atomic E-state index is 10.5. The van der Waals surface area contributed by atoms with Crippen molar-refractivity contribution in [2.45, 2.75) is 64.3 Å². The lowest BCUT2D eigenvalue weighted by Crippen LogP contribution is -2.31. The van der Waals surface area contributed by atoms with Crippen LogP contribution in [0, 0.1) is 11.8 Å². The Morgan fingerprint density at radius 3 is 2.56 bits per heavy atom. The molecule has 1 rings (SSSR count). The van der Waals surface area contributed by atoms with E-state index in [-0.39, 0.29) is 12.5 Å². The third-order valence-corrected chi connectivity index (χ3v) is 3.90. The SMILES string of the molecule is CC(CCC1CCCCC1)C(N)CC(=O)O. The van der Waals surface area contributed by atoms with E-state index in [1.165, 1.54) is 38.5 Å². The maximum Gasteiger partial charge on any atom is 0.304 e. The quantitative estimate of drug-likeness (QED) is 0.733. The first-order valence-electron chi connectivity index (χ1n) is 6.57. The minimum Gasteiger partial charge on any atom is -0.481 e. The molecule has 3 nitrogen and oxygen atoms in total. The van der Waals surface area contributed by atoms with Gasteiger partial charge in [-0.2, -0.15) is 0 Å². The molecule has 0 heterocycles. The number of nitrogens with two attached hydrogens (primary N) is 1. The zero-order valence-electron chi connectivity index (χ0n) is 10.3. The van der Waals surface area contributed by atoms with E-state index in [0.717, 1.165) is 12.3 Å². The molecular formula is C13H25NO2. The second-order valence-corrected chi connectivity index (χ2v) is 5.32. The molecule has 1 fully saturated rings. The van der Waals surface area contributed by atoms with Crippen LogP contribution >= 0.6 is 0 Å². The molecule has 0 radical (unpaired) electrons. The van der Waals surface area contributed by atoms with Crippen molar-refractivity contribution in [3.63, 3.8) is 0 Å². The van der Waals surface area contributed by atoms with E-state index in [0.29, 0.717) is 5.92 Å². The summed E-state index contributed by atoms with van der Waals surface area (Å²) in [6.45, 7) is 2.08. The van der Waals surface area contributed by atoms with Gasteiger partial charge in [0.2, 0.25) is 0 Å².